The monoisotopic (exact) mass is 293 g/mol. The maximum absolute atomic E-state index is 5.87. The van der Waals surface area contributed by atoms with Gasteiger partial charge in [-0.25, -0.2) is 0 Å². The van der Waals surface area contributed by atoms with Crippen LogP contribution in [-0.2, 0) is 6.42 Å². The maximum Gasteiger partial charge on any atom is 0.219 e. The molecule has 0 aromatic carbocycles. The van der Waals surface area contributed by atoms with E-state index >= 15 is 0 Å². The van der Waals surface area contributed by atoms with Gasteiger partial charge in [-0.15, -0.1) is 10.2 Å². The average Bonchev–Trinajstić information content (AvgIpc) is 2.92. The van der Waals surface area contributed by atoms with E-state index in [1.165, 1.54) is 25.7 Å². The van der Waals surface area contributed by atoms with Gasteiger partial charge in [0.2, 0.25) is 11.8 Å². The summed E-state index contributed by atoms with van der Waals surface area (Å²) < 4.78 is 5.87. The number of hydrogen-bond acceptors (Lipinski definition) is 4. The van der Waals surface area contributed by atoms with E-state index in [2.05, 4.69) is 43.2 Å². The lowest BCUT2D eigenvalue weighted by molar-refractivity contribution is 0.161. The van der Waals surface area contributed by atoms with Crippen molar-refractivity contribution >= 4 is 0 Å². The molecule has 0 spiro atoms. The molecule has 21 heavy (non-hydrogen) atoms. The molecule has 0 bridgehead atoms. The highest BCUT2D eigenvalue weighted by molar-refractivity contribution is 4.95. The van der Waals surface area contributed by atoms with Crippen LogP contribution in [0.2, 0.25) is 0 Å². The Balaban J connectivity index is 1.80. The zero-order chi connectivity index (χ0) is 15.3. The van der Waals surface area contributed by atoms with E-state index < -0.39 is 0 Å². The Bertz CT molecular complexity index is 414. The van der Waals surface area contributed by atoms with Gasteiger partial charge >= 0.3 is 0 Å². The van der Waals surface area contributed by atoms with Crippen LogP contribution in [0.1, 0.15) is 77.5 Å². The second-order valence-electron chi connectivity index (χ2n) is 7.41. The summed E-state index contributed by atoms with van der Waals surface area (Å²) in [7, 11) is 0. The fourth-order valence-electron chi connectivity index (χ4n) is 3.28. The predicted molar refractivity (Wildman–Crippen MR) is 85.3 cm³/mol. The highest BCUT2D eigenvalue weighted by Gasteiger charge is 2.32. The van der Waals surface area contributed by atoms with Crippen LogP contribution >= 0.6 is 0 Å². The zero-order valence-corrected chi connectivity index (χ0v) is 14.1. The first-order valence-corrected chi connectivity index (χ1v) is 8.53. The second-order valence-corrected chi connectivity index (χ2v) is 7.41. The first-order valence-electron chi connectivity index (χ1n) is 8.53. The van der Waals surface area contributed by atoms with Gasteiger partial charge in [-0.1, -0.05) is 27.7 Å². The van der Waals surface area contributed by atoms with E-state index in [4.69, 9.17) is 4.42 Å². The third-order valence-corrected chi connectivity index (χ3v) is 4.78. The van der Waals surface area contributed by atoms with Gasteiger partial charge in [-0.05, 0) is 56.5 Å². The summed E-state index contributed by atoms with van der Waals surface area (Å²) in [4.78, 5) is 0. The summed E-state index contributed by atoms with van der Waals surface area (Å²) in [5.74, 6) is 3.00. The van der Waals surface area contributed by atoms with Gasteiger partial charge in [-0.2, -0.15) is 0 Å². The molecule has 1 saturated carbocycles. The maximum atomic E-state index is 5.87. The van der Waals surface area contributed by atoms with Crippen LogP contribution in [-0.4, -0.2) is 23.3 Å². The molecule has 120 valence electrons. The molecular formula is C17H31N3O. The van der Waals surface area contributed by atoms with Crippen molar-refractivity contribution in [3.8, 4) is 0 Å². The molecule has 1 aliphatic rings. The van der Waals surface area contributed by atoms with Crippen molar-refractivity contribution in [1.29, 1.82) is 0 Å². The van der Waals surface area contributed by atoms with Crippen molar-refractivity contribution in [2.24, 2.45) is 11.3 Å². The summed E-state index contributed by atoms with van der Waals surface area (Å²) in [6, 6.07) is 0. The Labute approximate surface area is 129 Å². The summed E-state index contributed by atoms with van der Waals surface area (Å²) in [6.45, 7) is 11.2. The molecule has 4 nitrogen and oxygen atoms in total. The third kappa shape index (κ3) is 4.80. The number of nitrogens with one attached hydrogen (secondary N) is 1. The Kier molecular flexibility index (Phi) is 5.80. The van der Waals surface area contributed by atoms with E-state index in [0.29, 0.717) is 11.3 Å². The van der Waals surface area contributed by atoms with E-state index in [9.17, 15) is 0 Å². The number of nitrogens with zero attached hydrogens (tertiary/aromatic N) is 2. The molecule has 0 atom stereocenters. The SMILES string of the molecule is CCNCCCc1nnc(C2CCC(C(C)(C)C)CC2)o1. The molecule has 1 aliphatic carbocycles. The largest absolute Gasteiger partial charge is 0.425 e. The van der Waals surface area contributed by atoms with E-state index in [1.807, 2.05) is 0 Å². The van der Waals surface area contributed by atoms with Gasteiger partial charge in [0.15, 0.2) is 0 Å². The number of aryl methyl sites for hydroxylation is 1. The molecule has 1 fully saturated rings. The summed E-state index contributed by atoms with van der Waals surface area (Å²) in [6.07, 6.45) is 6.91. The molecule has 1 N–H and O–H groups in total. The Morgan fingerprint density at radius 2 is 1.86 bits per heavy atom. The number of hydrogen-bond donors (Lipinski definition) is 1. The van der Waals surface area contributed by atoms with Crippen LogP contribution in [0.25, 0.3) is 0 Å². The highest BCUT2D eigenvalue weighted by atomic mass is 16.4. The van der Waals surface area contributed by atoms with Gasteiger partial charge in [0.25, 0.3) is 0 Å². The van der Waals surface area contributed by atoms with Crippen molar-refractivity contribution in [1.82, 2.24) is 15.5 Å². The quantitative estimate of drug-likeness (QED) is 0.807. The number of aromatic nitrogens is 2. The lowest BCUT2D eigenvalue weighted by Gasteiger charge is -2.36. The summed E-state index contributed by atoms with van der Waals surface area (Å²) in [5, 5.41) is 11.8. The number of rotatable bonds is 6. The molecule has 0 radical (unpaired) electrons. The van der Waals surface area contributed by atoms with Crippen LogP contribution in [0.5, 0.6) is 0 Å². The average molecular weight is 293 g/mol. The van der Waals surface area contributed by atoms with Crippen LogP contribution in [0, 0.1) is 11.3 Å². The lowest BCUT2D eigenvalue weighted by Crippen LogP contribution is -2.25. The van der Waals surface area contributed by atoms with Gasteiger partial charge in [0.05, 0.1) is 0 Å². The van der Waals surface area contributed by atoms with Gasteiger partial charge in [0, 0.05) is 12.3 Å². The van der Waals surface area contributed by atoms with Crippen LogP contribution in [0.4, 0.5) is 0 Å². The van der Waals surface area contributed by atoms with Gasteiger partial charge in [0.1, 0.15) is 0 Å². The van der Waals surface area contributed by atoms with Crippen LogP contribution in [0.3, 0.4) is 0 Å². The fraction of sp³-hybridized carbons (Fsp3) is 0.882. The van der Waals surface area contributed by atoms with E-state index in [-0.39, 0.29) is 0 Å². The molecule has 0 saturated heterocycles. The first kappa shape index (κ1) is 16.5. The Morgan fingerprint density at radius 3 is 2.48 bits per heavy atom. The summed E-state index contributed by atoms with van der Waals surface area (Å²) in [5.41, 5.74) is 0.428. The third-order valence-electron chi connectivity index (χ3n) is 4.78. The topological polar surface area (TPSA) is 51.0 Å². The van der Waals surface area contributed by atoms with Gasteiger partial charge < -0.3 is 9.73 Å². The standard InChI is InChI=1S/C17H31N3O/c1-5-18-12-6-7-15-19-20-16(21-15)13-8-10-14(11-9-13)17(2,3)4/h13-14,18H,5-12H2,1-4H3. The highest BCUT2D eigenvalue weighted by Crippen LogP contribution is 2.42. The van der Waals surface area contributed by atoms with E-state index in [1.54, 1.807) is 0 Å². The summed E-state index contributed by atoms with van der Waals surface area (Å²) >= 11 is 0. The van der Waals surface area contributed by atoms with E-state index in [0.717, 1.165) is 43.6 Å². The second kappa shape index (κ2) is 7.39. The Hall–Kier alpha value is -0.900. The minimum atomic E-state index is 0.428. The van der Waals surface area contributed by atoms with Gasteiger partial charge in [-0.3, -0.25) is 0 Å². The van der Waals surface area contributed by atoms with Crippen molar-refractivity contribution < 1.29 is 4.42 Å². The lowest BCUT2D eigenvalue weighted by atomic mass is 9.70. The smallest absolute Gasteiger partial charge is 0.219 e. The molecule has 2 rings (SSSR count). The fourth-order valence-corrected chi connectivity index (χ4v) is 3.28. The molecule has 1 heterocycles. The molecule has 0 unspecified atom stereocenters. The molecular weight excluding hydrogens is 262 g/mol. The molecule has 0 amide bonds. The first-order chi connectivity index (χ1) is 10.0. The zero-order valence-electron chi connectivity index (χ0n) is 14.1. The molecule has 1 aromatic heterocycles. The minimum Gasteiger partial charge on any atom is -0.425 e. The molecule has 0 aliphatic heterocycles. The van der Waals surface area contributed by atoms with Crippen molar-refractivity contribution in [2.75, 3.05) is 13.1 Å². The molecule has 1 aromatic rings. The van der Waals surface area contributed by atoms with Crippen molar-refractivity contribution in [3.05, 3.63) is 11.8 Å². The Morgan fingerprint density at radius 1 is 1.14 bits per heavy atom. The van der Waals surface area contributed by atoms with Crippen molar-refractivity contribution in [3.63, 3.8) is 0 Å². The van der Waals surface area contributed by atoms with Crippen molar-refractivity contribution in [2.45, 2.75) is 72.1 Å². The van der Waals surface area contributed by atoms with Crippen LogP contribution in [0.15, 0.2) is 4.42 Å². The normalized spacial score (nSPS) is 23.4. The molecule has 4 heteroatoms. The van der Waals surface area contributed by atoms with Crippen LogP contribution < -0.4 is 5.32 Å². The minimum absolute atomic E-state index is 0.428. The predicted octanol–water partition coefficient (Wildman–Crippen LogP) is 3.93.